The van der Waals surface area contributed by atoms with Crippen molar-refractivity contribution >= 4 is 54.0 Å². The number of ether oxygens (including phenoxy) is 7. The summed E-state index contributed by atoms with van der Waals surface area (Å²) < 4.78 is 37.7. The fourth-order valence-electron chi connectivity index (χ4n) is 5.71. The number of alkyl carbamates (subject to hydrolysis) is 2. The summed E-state index contributed by atoms with van der Waals surface area (Å²) in [4.78, 5) is 120. The average Bonchev–Trinajstić information content (AvgIpc) is 3.67. The summed E-state index contributed by atoms with van der Waals surface area (Å²) in [5, 5.41) is 7.59. The van der Waals surface area contributed by atoms with Crippen molar-refractivity contribution in [1.82, 2.24) is 45.3 Å². The highest BCUT2D eigenvalue weighted by Crippen LogP contribution is 2.16. The molecular formula is C47H67N9O16. The number of likely N-dealkylation sites (N-methyl/N-ethyl adjacent to an activating group) is 5. The molecule has 0 unspecified atom stereocenters. The van der Waals surface area contributed by atoms with E-state index in [1.54, 1.807) is 62.6 Å². The number of nitrogens with one attached hydrogen (secondary N) is 3. The van der Waals surface area contributed by atoms with Crippen molar-refractivity contribution in [2.45, 2.75) is 25.7 Å². The van der Waals surface area contributed by atoms with Gasteiger partial charge in [0.2, 0.25) is 11.8 Å². The van der Waals surface area contributed by atoms with Crippen LogP contribution < -0.4 is 25.4 Å². The van der Waals surface area contributed by atoms with Gasteiger partial charge in [0.1, 0.15) is 44.0 Å². The Balaban J connectivity index is 1.45. The summed E-state index contributed by atoms with van der Waals surface area (Å²) in [6.07, 6.45) is -1.76. The Bertz CT molecular complexity index is 2030. The number of hydrogen-bond donors (Lipinski definition) is 3. The maximum atomic E-state index is 13.0. The Morgan fingerprint density at radius 3 is 1.53 bits per heavy atom. The molecule has 25 nitrogen and oxygen atoms in total. The third-order valence-corrected chi connectivity index (χ3v) is 10.1. The predicted octanol–water partition coefficient (Wildman–Crippen LogP) is 0.658. The number of hydrogen-bond acceptors (Lipinski definition) is 18. The van der Waals surface area contributed by atoms with E-state index in [0.29, 0.717) is 48.8 Å². The van der Waals surface area contributed by atoms with Crippen molar-refractivity contribution in [1.29, 1.82) is 0 Å². The van der Waals surface area contributed by atoms with Crippen LogP contribution in [0.2, 0.25) is 0 Å². The van der Waals surface area contributed by atoms with E-state index >= 15 is 0 Å². The van der Waals surface area contributed by atoms with E-state index < -0.39 is 67.3 Å². The molecule has 0 atom stereocenters. The number of imide groups is 1. The maximum absolute atomic E-state index is 13.0. The molecule has 0 aromatic heterocycles. The first-order valence-corrected chi connectivity index (χ1v) is 22.8. The van der Waals surface area contributed by atoms with Crippen LogP contribution in [0.5, 0.6) is 11.5 Å². The van der Waals surface area contributed by atoms with Gasteiger partial charge in [-0.3, -0.25) is 28.9 Å². The van der Waals surface area contributed by atoms with Crippen molar-refractivity contribution in [3.63, 3.8) is 0 Å². The van der Waals surface area contributed by atoms with Crippen LogP contribution >= 0.6 is 0 Å². The molecule has 0 saturated carbocycles. The van der Waals surface area contributed by atoms with Crippen LogP contribution in [-0.2, 0) is 60.9 Å². The number of carbonyl (C=O) groups is 9. The molecule has 1 aliphatic rings. The van der Waals surface area contributed by atoms with Gasteiger partial charge in [-0.15, -0.1) is 0 Å². The molecule has 25 heteroatoms. The van der Waals surface area contributed by atoms with Crippen LogP contribution in [-0.4, -0.2) is 224 Å². The van der Waals surface area contributed by atoms with Gasteiger partial charge in [0.05, 0.1) is 32.9 Å². The number of rotatable bonds is 30. The zero-order valence-corrected chi connectivity index (χ0v) is 41.9. The third kappa shape index (κ3) is 24.0. The minimum absolute atomic E-state index is 0.0158. The zero-order chi connectivity index (χ0) is 53.0. The van der Waals surface area contributed by atoms with E-state index in [9.17, 15) is 43.2 Å². The Labute approximate surface area is 418 Å². The first-order valence-electron chi connectivity index (χ1n) is 22.8. The summed E-state index contributed by atoms with van der Waals surface area (Å²) in [5.74, 6) is -2.17. The molecule has 3 rings (SSSR count). The first-order chi connectivity index (χ1) is 34.3. The highest BCUT2D eigenvalue weighted by atomic mass is 16.6. The molecule has 0 saturated heterocycles. The Kier molecular flexibility index (Phi) is 26.0. The molecule has 0 bridgehead atoms. The highest BCUT2D eigenvalue weighted by Gasteiger charge is 2.24. The molecule has 1 heterocycles. The first kappa shape index (κ1) is 59.0. The van der Waals surface area contributed by atoms with Gasteiger partial charge < -0.3 is 73.6 Å². The molecule has 72 heavy (non-hydrogen) atoms. The van der Waals surface area contributed by atoms with Crippen LogP contribution in [0.25, 0.3) is 0 Å². The van der Waals surface area contributed by atoms with Gasteiger partial charge in [-0.2, -0.15) is 0 Å². The normalized spacial score (nSPS) is 11.9. The molecule has 0 aliphatic carbocycles. The summed E-state index contributed by atoms with van der Waals surface area (Å²) in [5.41, 5.74) is 1.15. The predicted molar refractivity (Wildman–Crippen MR) is 256 cm³/mol. The van der Waals surface area contributed by atoms with E-state index in [4.69, 9.17) is 33.2 Å². The molecule has 0 radical (unpaired) electrons. The molecule has 1 aliphatic heterocycles. The van der Waals surface area contributed by atoms with Crippen LogP contribution in [0, 0.1) is 0 Å². The van der Waals surface area contributed by atoms with Crippen molar-refractivity contribution < 1.29 is 76.3 Å². The third-order valence-electron chi connectivity index (χ3n) is 10.1. The molecule has 2 aromatic rings. The van der Waals surface area contributed by atoms with Crippen molar-refractivity contribution in [3.05, 3.63) is 71.8 Å². The fraction of sp³-hybridized carbons (Fsp3) is 0.511. The van der Waals surface area contributed by atoms with Crippen LogP contribution in [0.15, 0.2) is 60.7 Å². The van der Waals surface area contributed by atoms with Gasteiger partial charge in [-0.25, -0.2) is 19.2 Å². The summed E-state index contributed by atoms with van der Waals surface area (Å²) in [7, 11) is 12.2. The van der Waals surface area contributed by atoms with Crippen molar-refractivity contribution in [3.8, 4) is 11.5 Å². The van der Waals surface area contributed by atoms with E-state index in [-0.39, 0.29) is 71.5 Å². The molecule has 396 valence electrons. The van der Waals surface area contributed by atoms with E-state index in [1.165, 1.54) is 16.8 Å². The van der Waals surface area contributed by atoms with Gasteiger partial charge in [0, 0.05) is 79.0 Å². The SMILES string of the molecule is CN(C)CCN(C)C(=O)Oc1ccc(COC(=O)NCC(CNC(=O)OCc2ccc(OC(=O)N(C)CCN(C)C)cc2)OC(=O)CN(C)C(=O)COCCOCCNC(=O)CCN2C(=O)C=CC2=O)cc1. The number of amides is 8. The van der Waals surface area contributed by atoms with E-state index in [0.717, 1.165) is 22.0 Å². The van der Waals surface area contributed by atoms with Gasteiger partial charge in [0.15, 0.2) is 0 Å². The quantitative estimate of drug-likeness (QED) is 0.0420. The molecular weight excluding hydrogens is 947 g/mol. The second-order valence-electron chi connectivity index (χ2n) is 16.7. The Morgan fingerprint density at radius 1 is 0.583 bits per heavy atom. The van der Waals surface area contributed by atoms with E-state index in [2.05, 4.69) is 16.0 Å². The van der Waals surface area contributed by atoms with Gasteiger partial charge in [-0.1, -0.05) is 24.3 Å². The lowest BCUT2D eigenvalue weighted by Gasteiger charge is -2.21. The fourth-order valence-corrected chi connectivity index (χ4v) is 5.71. The smallest absolute Gasteiger partial charge is 0.415 e. The van der Waals surface area contributed by atoms with E-state index in [1.807, 2.05) is 38.0 Å². The zero-order valence-electron chi connectivity index (χ0n) is 41.9. The Hall–Kier alpha value is -7.35. The average molecular weight is 1010 g/mol. The minimum atomic E-state index is -1.16. The number of benzene rings is 2. The van der Waals surface area contributed by atoms with Gasteiger partial charge in [0.25, 0.3) is 11.8 Å². The highest BCUT2D eigenvalue weighted by molar-refractivity contribution is 6.13. The molecule has 0 fully saturated rings. The number of esters is 1. The Morgan fingerprint density at radius 2 is 1.06 bits per heavy atom. The summed E-state index contributed by atoms with van der Waals surface area (Å²) in [6.45, 7) is 0.712. The van der Waals surface area contributed by atoms with Gasteiger partial charge >= 0.3 is 30.3 Å². The van der Waals surface area contributed by atoms with Crippen LogP contribution in [0.4, 0.5) is 19.2 Å². The monoisotopic (exact) mass is 1010 g/mol. The van der Waals surface area contributed by atoms with Crippen LogP contribution in [0.3, 0.4) is 0 Å². The number of carbonyl (C=O) groups excluding carboxylic acids is 9. The maximum Gasteiger partial charge on any atom is 0.415 e. The molecule has 3 N–H and O–H groups in total. The summed E-state index contributed by atoms with van der Waals surface area (Å²) >= 11 is 0. The lowest BCUT2D eigenvalue weighted by Crippen LogP contribution is -2.44. The molecule has 0 spiro atoms. The summed E-state index contributed by atoms with van der Waals surface area (Å²) in [6, 6.07) is 12.7. The lowest BCUT2D eigenvalue weighted by molar-refractivity contribution is -0.153. The lowest BCUT2D eigenvalue weighted by atomic mass is 10.2. The topological polar surface area (TPSA) is 274 Å². The molecule has 2 aromatic carbocycles. The minimum Gasteiger partial charge on any atom is -0.457 e. The van der Waals surface area contributed by atoms with Crippen molar-refractivity contribution in [2.75, 3.05) is 135 Å². The standard InChI is InChI=1S/C47H67N9O16/c1-51(2)21-23-53(5)46(64)71-36-12-8-34(9-13-36)31-68-44(62)49-28-38(29-50-45(63)69-32-35-10-14-37(15-11-35)72-47(65)54(6)24-22-52(3)4)70-43(61)30-55(7)42(60)33-67-27-26-66-25-19-48-39(57)18-20-56-40(58)16-17-41(56)59/h8-17,38H,18-33H2,1-7H3,(H,48,57)(H,49,62)(H,50,63). The molecule has 8 amide bonds. The van der Waals surface area contributed by atoms with Gasteiger partial charge in [-0.05, 0) is 63.6 Å². The van der Waals surface area contributed by atoms with Crippen molar-refractivity contribution in [2.24, 2.45) is 0 Å². The largest absolute Gasteiger partial charge is 0.457 e. The second-order valence-corrected chi connectivity index (χ2v) is 16.7. The number of nitrogens with zero attached hydrogens (tertiary/aromatic N) is 6. The van der Waals surface area contributed by atoms with Crippen LogP contribution in [0.1, 0.15) is 17.5 Å². The second kappa shape index (κ2) is 31.8.